The number of hydrogen-bond acceptors (Lipinski definition) is 7. The first-order valence-corrected chi connectivity index (χ1v) is 3.63. The summed E-state index contributed by atoms with van der Waals surface area (Å²) in [4.78, 5) is 27.5. The summed E-state index contributed by atoms with van der Waals surface area (Å²) < 4.78 is 0. The number of nitrogens with zero attached hydrogens (tertiary/aromatic N) is 3. The van der Waals surface area contributed by atoms with Gasteiger partial charge in [0.2, 0.25) is 0 Å². The maximum Gasteiger partial charge on any atom is 0.283 e. The summed E-state index contributed by atoms with van der Waals surface area (Å²) >= 11 is 0. The molecule has 0 saturated heterocycles. The minimum Gasteiger partial charge on any atom is -0.863 e. The Kier molecular flexibility index (Phi) is 4.00. The highest BCUT2D eigenvalue weighted by Gasteiger charge is 2.24. The van der Waals surface area contributed by atoms with Gasteiger partial charge in [0, 0.05) is 0 Å². The second-order valence-electron chi connectivity index (χ2n) is 2.58. The van der Waals surface area contributed by atoms with Crippen molar-refractivity contribution in [3.63, 3.8) is 0 Å². The molecule has 17 heavy (non-hydrogen) atoms. The topological polar surface area (TPSA) is 185 Å². The van der Waals surface area contributed by atoms with Crippen LogP contribution in [0.5, 0.6) is 5.75 Å². The average molecular weight is 247 g/mol. The Bertz CT molecular complexity index is 463. The van der Waals surface area contributed by atoms with Gasteiger partial charge in [0.15, 0.2) is 0 Å². The lowest BCUT2D eigenvalue weighted by atomic mass is 10.2. The van der Waals surface area contributed by atoms with Crippen LogP contribution >= 0.6 is 0 Å². The minimum atomic E-state index is -1.46. The van der Waals surface area contributed by atoms with E-state index in [4.69, 9.17) is 0 Å². The molecule has 0 aliphatic heterocycles. The molecule has 0 saturated carbocycles. The van der Waals surface area contributed by atoms with Gasteiger partial charge in [0.1, 0.15) is 0 Å². The van der Waals surface area contributed by atoms with Crippen LogP contribution in [0.3, 0.4) is 0 Å². The molecule has 0 radical (unpaired) electrons. The molecule has 0 aromatic heterocycles. The van der Waals surface area contributed by atoms with E-state index in [1.807, 2.05) is 0 Å². The zero-order valence-electron chi connectivity index (χ0n) is 7.93. The van der Waals surface area contributed by atoms with Crippen LogP contribution in [0.4, 0.5) is 17.1 Å². The highest BCUT2D eigenvalue weighted by molar-refractivity contribution is 5.63. The van der Waals surface area contributed by atoms with Gasteiger partial charge in [-0.2, -0.15) is 0 Å². The van der Waals surface area contributed by atoms with E-state index in [1.165, 1.54) is 0 Å². The largest absolute Gasteiger partial charge is 0.863 e. The Morgan fingerprint density at radius 1 is 0.824 bits per heavy atom. The molecule has 92 valence electrons. The van der Waals surface area contributed by atoms with Gasteiger partial charge < -0.3 is 10.6 Å². The molecular formula is C6H5N3O8. The molecule has 0 spiro atoms. The minimum absolute atomic E-state index is 0. The molecule has 3 N–H and O–H groups in total. The van der Waals surface area contributed by atoms with Crippen molar-refractivity contribution < 1.29 is 25.4 Å². The van der Waals surface area contributed by atoms with Crippen molar-refractivity contribution in [3.8, 4) is 5.75 Å². The van der Waals surface area contributed by atoms with E-state index < -0.39 is 37.6 Å². The molecule has 0 heterocycles. The van der Waals surface area contributed by atoms with Gasteiger partial charge in [-0.15, -0.1) is 0 Å². The fourth-order valence-electron chi connectivity index (χ4n) is 0.961. The first-order valence-electron chi connectivity index (χ1n) is 3.63. The standard InChI is InChI=1S/C6H3N3O7.H2O/c10-6-4(8(13)14)1-3(7(11)12)2-5(6)9(15)16;/h1-2,10H;1H2. The molecule has 0 amide bonds. The van der Waals surface area contributed by atoms with Crippen molar-refractivity contribution in [2.45, 2.75) is 0 Å². The van der Waals surface area contributed by atoms with E-state index in [-0.39, 0.29) is 5.48 Å². The number of nitro benzene ring substituents is 3. The van der Waals surface area contributed by atoms with E-state index in [0.717, 1.165) is 0 Å². The predicted octanol–water partition coefficient (Wildman–Crippen LogP) is -0.437. The molecular weight excluding hydrogens is 242 g/mol. The van der Waals surface area contributed by atoms with Crippen LogP contribution < -0.4 is 5.11 Å². The van der Waals surface area contributed by atoms with Gasteiger partial charge in [-0.05, 0) is 0 Å². The number of benzene rings is 1. The van der Waals surface area contributed by atoms with Gasteiger partial charge in [-0.25, -0.2) is 0 Å². The average Bonchev–Trinajstić information content (AvgIpc) is 2.16. The maximum atomic E-state index is 11.1. The Morgan fingerprint density at radius 2 is 1.18 bits per heavy atom. The first-order chi connectivity index (χ1) is 7.34. The van der Waals surface area contributed by atoms with Crippen LogP contribution in [-0.2, 0) is 5.48 Å². The summed E-state index contributed by atoms with van der Waals surface area (Å²) in [6.07, 6.45) is 0. The molecule has 0 atom stereocenters. The maximum absolute atomic E-state index is 11.1. The third kappa shape index (κ3) is 2.60. The quantitative estimate of drug-likeness (QED) is 0.393. The van der Waals surface area contributed by atoms with Crippen LogP contribution in [0.15, 0.2) is 12.1 Å². The number of non-ortho nitro benzene ring substituents is 1. The van der Waals surface area contributed by atoms with Crippen molar-refractivity contribution in [2.75, 3.05) is 0 Å². The molecule has 0 fully saturated rings. The van der Waals surface area contributed by atoms with Crippen molar-refractivity contribution in [1.82, 2.24) is 0 Å². The fraction of sp³-hybridized carbons (Fsp3) is 0. The molecule has 1 aromatic rings. The van der Waals surface area contributed by atoms with E-state index in [2.05, 4.69) is 0 Å². The lowest BCUT2D eigenvalue weighted by Crippen LogP contribution is -2.04. The van der Waals surface area contributed by atoms with Crippen molar-refractivity contribution >= 4 is 17.1 Å². The van der Waals surface area contributed by atoms with Crippen molar-refractivity contribution in [1.29, 1.82) is 0 Å². The molecule has 0 bridgehead atoms. The van der Waals surface area contributed by atoms with E-state index >= 15 is 0 Å². The van der Waals surface area contributed by atoms with Gasteiger partial charge in [0.25, 0.3) is 17.1 Å². The summed E-state index contributed by atoms with van der Waals surface area (Å²) in [6.45, 7) is 0. The van der Waals surface area contributed by atoms with E-state index in [1.54, 1.807) is 0 Å². The summed E-state index contributed by atoms with van der Waals surface area (Å²) in [5, 5.41) is 42.1. The number of rotatable bonds is 3. The van der Waals surface area contributed by atoms with E-state index in [0.29, 0.717) is 12.1 Å². The normalized spacial score (nSPS) is 9.18. The van der Waals surface area contributed by atoms with Gasteiger partial charge >= 0.3 is 0 Å². The molecule has 0 aliphatic rings. The van der Waals surface area contributed by atoms with Gasteiger partial charge in [-0.3, -0.25) is 30.3 Å². The SMILES string of the molecule is O=[N+]([O-])c1cc([N+](=O)[O-])c([O-])c([N+](=O)[O-])c1.[OH3+]. The van der Waals surface area contributed by atoms with Crippen LogP contribution in [0.1, 0.15) is 0 Å². The van der Waals surface area contributed by atoms with Crippen LogP contribution in [-0.4, -0.2) is 14.8 Å². The Hall–Kier alpha value is -2.82. The Morgan fingerprint density at radius 3 is 1.41 bits per heavy atom. The smallest absolute Gasteiger partial charge is 0.283 e. The Labute approximate surface area is 91.7 Å². The lowest BCUT2D eigenvalue weighted by Gasteiger charge is -2.06. The first kappa shape index (κ1) is 14.2. The zero-order valence-corrected chi connectivity index (χ0v) is 7.93. The third-order valence-electron chi connectivity index (χ3n) is 1.64. The molecule has 0 unspecified atom stereocenters. The van der Waals surface area contributed by atoms with Crippen LogP contribution in [0.2, 0.25) is 0 Å². The van der Waals surface area contributed by atoms with Crippen LogP contribution in [0, 0.1) is 30.3 Å². The molecule has 1 rings (SSSR count). The second-order valence-corrected chi connectivity index (χ2v) is 2.58. The van der Waals surface area contributed by atoms with Crippen molar-refractivity contribution in [3.05, 3.63) is 42.5 Å². The third-order valence-corrected chi connectivity index (χ3v) is 1.64. The van der Waals surface area contributed by atoms with E-state index in [9.17, 15) is 35.4 Å². The summed E-state index contributed by atoms with van der Waals surface area (Å²) in [5.41, 5.74) is -3.26. The Balaban J connectivity index is 0.00000256. The molecule has 11 heteroatoms. The zero-order chi connectivity index (χ0) is 12.5. The fourth-order valence-corrected chi connectivity index (χ4v) is 0.961. The summed E-state index contributed by atoms with van der Waals surface area (Å²) in [7, 11) is 0. The number of nitro groups is 3. The molecule has 0 aliphatic carbocycles. The lowest BCUT2D eigenvalue weighted by molar-refractivity contribution is -0.420. The summed E-state index contributed by atoms with van der Waals surface area (Å²) in [6, 6.07) is 0.769. The summed E-state index contributed by atoms with van der Waals surface area (Å²) in [5.74, 6) is -1.46. The number of hydrogen-bond donors (Lipinski definition) is 0. The second kappa shape index (κ2) is 4.80. The predicted molar refractivity (Wildman–Crippen MR) is 50.7 cm³/mol. The monoisotopic (exact) mass is 247 g/mol. The van der Waals surface area contributed by atoms with Crippen LogP contribution in [0.25, 0.3) is 0 Å². The molecule has 11 nitrogen and oxygen atoms in total. The molecule has 1 aromatic carbocycles. The highest BCUT2D eigenvalue weighted by Crippen LogP contribution is 2.36. The highest BCUT2D eigenvalue weighted by atomic mass is 16.6. The van der Waals surface area contributed by atoms with Gasteiger partial charge in [0.05, 0.1) is 32.7 Å². The van der Waals surface area contributed by atoms with Crippen molar-refractivity contribution in [2.24, 2.45) is 0 Å². The van der Waals surface area contributed by atoms with Gasteiger partial charge in [-0.1, -0.05) is 0 Å².